The molecule has 3 aromatic carbocycles. The second-order valence-electron chi connectivity index (χ2n) is 7.76. The third kappa shape index (κ3) is 5.62. The molecule has 0 saturated heterocycles. The molecule has 4 aromatic rings. The highest BCUT2D eigenvalue weighted by Crippen LogP contribution is 2.24. The first-order valence-electron chi connectivity index (χ1n) is 10.7. The molecule has 1 N–H and O–H groups in total. The number of amides is 1. The highest BCUT2D eigenvalue weighted by atomic mass is 32.2. The number of para-hydroxylation sites is 1. The summed E-state index contributed by atoms with van der Waals surface area (Å²) in [4.78, 5) is 12.6. The van der Waals surface area contributed by atoms with Gasteiger partial charge in [-0.3, -0.25) is 9.36 Å². The molecular formula is C26H26N4O2S. The zero-order valence-corrected chi connectivity index (χ0v) is 19.7. The Labute approximate surface area is 198 Å². The van der Waals surface area contributed by atoms with Gasteiger partial charge in [0.25, 0.3) is 0 Å². The van der Waals surface area contributed by atoms with E-state index in [2.05, 4.69) is 15.5 Å². The van der Waals surface area contributed by atoms with Crippen LogP contribution in [0.1, 0.15) is 22.5 Å². The summed E-state index contributed by atoms with van der Waals surface area (Å²) < 4.78 is 7.87. The van der Waals surface area contributed by atoms with Gasteiger partial charge in [0, 0.05) is 11.4 Å². The van der Waals surface area contributed by atoms with Crippen LogP contribution in [0.2, 0.25) is 0 Å². The summed E-state index contributed by atoms with van der Waals surface area (Å²) in [6.07, 6.45) is 0. The molecule has 0 unspecified atom stereocenters. The summed E-state index contributed by atoms with van der Waals surface area (Å²) >= 11 is 1.35. The Morgan fingerprint density at radius 2 is 1.70 bits per heavy atom. The molecule has 0 aliphatic rings. The van der Waals surface area contributed by atoms with Crippen LogP contribution < -0.4 is 10.1 Å². The number of hydrogen-bond donors (Lipinski definition) is 1. The van der Waals surface area contributed by atoms with Crippen molar-refractivity contribution in [2.45, 2.75) is 32.5 Å². The number of nitrogens with zero attached hydrogens (tertiary/aromatic N) is 3. The first-order chi connectivity index (χ1) is 16.0. The van der Waals surface area contributed by atoms with Gasteiger partial charge in [0.2, 0.25) is 5.91 Å². The van der Waals surface area contributed by atoms with E-state index in [-0.39, 0.29) is 18.3 Å². The number of carbonyl (C=O) groups excluding carboxylic acids is 1. The smallest absolute Gasteiger partial charge is 0.234 e. The minimum Gasteiger partial charge on any atom is -0.486 e. The summed E-state index contributed by atoms with van der Waals surface area (Å²) in [5.41, 5.74) is 5.13. The lowest BCUT2D eigenvalue weighted by Crippen LogP contribution is -2.15. The molecule has 0 aliphatic heterocycles. The molecule has 7 heteroatoms. The van der Waals surface area contributed by atoms with E-state index in [1.165, 1.54) is 17.3 Å². The molecule has 1 amide bonds. The van der Waals surface area contributed by atoms with E-state index in [1.54, 1.807) is 0 Å². The molecule has 0 atom stereocenters. The SMILES string of the molecule is Cc1ccc(OCc2nnc(SCC(=O)Nc3cccc(C)c3C)n2-c2ccccc2)cc1. The van der Waals surface area contributed by atoms with Crippen molar-refractivity contribution in [3.05, 3.63) is 95.3 Å². The normalized spacial score (nSPS) is 10.8. The van der Waals surface area contributed by atoms with E-state index in [0.29, 0.717) is 11.0 Å². The van der Waals surface area contributed by atoms with Crippen molar-refractivity contribution in [3.63, 3.8) is 0 Å². The molecule has 0 saturated carbocycles. The minimum atomic E-state index is -0.0891. The van der Waals surface area contributed by atoms with Crippen molar-refractivity contribution >= 4 is 23.4 Å². The van der Waals surface area contributed by atoms with Crippen molar-refractivity contribution in [3.8, 4) is 11.4 Å². The molecule has 168 valence electrons. The number of rotatable bonds is 8. The van der Waals surface area contributed by atoms with Crippen molar-refractivity contribution in [2.24, 2.45) is 0 Å². The second-order valence-corrected chi connectivity index (χ2v) is 8.70. The van der Waals surface area contributed by atoms with Crippen LogP contribution in [0.15, 0.2) is 78.0 Å². The lowest BCUT2D eigenvalue weighted by Gasteiger charge is -2.12. The summed E-state index contributed by atoms with van der Waals surface area (Å²) in [6.45, 7) is 6.34. The monoisotopic (exact) mass is 458 g/mol. The third-order valence-electron chi connectivity index (χ3n) is 5.31. The highest BCUT2D eigenvalue weighted by Gasteiger charge is 2.17. The Morgan fingerprint density at radius 3 is 2.45 bits per heavy atom. The molecule has 0 radical (unpaired) electrons. The molecule has 6 nitrogen and oxygen atoms in total. The van der Waals surface area contributed by atoms with E-state index < -0.39 is 0 Å². The molecule has 1 aromatic heterocycles. The van der Waals surface area contributed by atoms with Crippen LogP contribution in [0.25, 0.3) is 5.69 Å². The third-order valence-corrected chi connectivity index (χ3v) is 6.24. The molecule has 0 bridgehead atoms. The Kier molecular flexibility index (Phi) is 7.10. The van der Waals surface area contributed by atoms with Crippen LogP contribution in [0.3, 0.4) is 0 Å². The van der Waals surface area contributed by atoms with Crippen LogP contribution >= 0.6 is 11.8 Å². The van der Waals surface area contributed by atoms with Crippen LogP contribution in [0.4, 0.5) is 5.69 Å². The predicted octanol–water partition coefficient (Wildman–Crippen LogP) is 5.50. The van der Waals surface area contributed by atoms with E-state index in [4.69, 9.17) is 4.74 Å². The summed E-state index contributed by atoms with van der Waals surface area (Å²) in [5.74, 6) is 1.57. The van der Waals surface area contributed by atoms with Crippen molar-refractivity contribution in [1.82, 2.24) is 14.8 Å². The van der Waals surface area contributed by atoms with Gasteiger partial charge in [-0.25, -0.2) is 0 Å². The second kappa shape index (κ2) is 10.4. The largest absolute Gasteiger partial charge is 0.486 e. The van der Waals surface area contributed by atoms with Crippen molar-refractivity contribution < 1.29 is 9.53 Å². The number of hydrogen-bond acceptors (Lipinski definition) is 5. The quantitative estimate of drug-likeness (QED) is 0.353. The number of thioether (sulfide) groups is 1. The van der Waals surface area contributed by atoms with Crippen LogP contribution in [-0.4, -0.2) is 26.4 Å². The van der Waals surface area contributed by atoms with Gasteiger partial charge in [-0.05, 0) is 62.2 Å². The van der Waals surface area contributed by atoms with E-state index >= 15 is 0 Å². The molecule has 1 heterocycles. The zero-order chi connectivity index (χ0) is 23.2. The number of aryl methyl sites for hydroxylation is 2. The maximum absolute atomic E-state index is 12.6. The Morgan fingerprint density at radius 1 is 0.939 bits per heavy atom. The summed E-state index contributed by atoms with van der Waals surface area (Å²) in [7, 11) is 0. The standard InChI is InChI=1S/C26H26N4O2S/c1-18-12-14-22(15-13-18)32-16-24-28-29-26(30(24)21-9-5-4-6-10-21)33-17-25(31)27-23-11-7-8-19(2)20(23)3/h4-15H,16-17H2,1-3H3,(H,27,31). The number of benzene rings is 3. The molecule has 0 spiro atoms. The van der Waals surface area contributed by atoms with Gasteiger partial charge in [0.15, 0.2) is 11.0 Å². The highest BCUT2D eigenvalue weighted by molar-refractivity contribution is 7.99. The predicted molar refractivity (Wildman–Crippen MR) is 132 cm³/mol. The fourth-order valence-corrected chi connectivity index (χ4v) is 4.08. The number of nitrogens with one attached hydrogen (secondary N) is 1. The lowest BCUT2D eigenvalue weighted by atomic mass is 10.1. The van der Waals surface area contributed by atoms with Gasteiger partial charge in [-0.2, -0.15) is 0 Å². The van der Waals surface area contributed by atoms with Gasteiger partial charge >= 0.3 is 0 Å². The topological polar surface area (TPSA) is 69.0 Å². The minimum absolute atomic E-state index is 0.0891. The van der Waals surface area contributed by atoms with E-state index in [1.807, 2.05) is 98.1 Å². The molecular weight excluding hydrogens is 432 g/mol. The maximum Gasteiger partial charge on any atom is 0.234 e. The molecule has 0 fully saturated rings. The average Bonchev–Trinajstić information content (AvgIpc) is 3.24. The lowest BCUT2D eigenvalue weighted by molar-refractivity contribution is -0.113. The van der Waals surface area contributed by atoms with E-state index in [0.717, 1.165) is 28.3 Å². The van der Waals surface area contributed by atoms with Gasteiger partial charge in [-0.15, -0.1) is 10.2 Å². The van der Waals surface area contributed by atoms with Gasteiger partial charge in [-0.1, -0.05) is 59.8 Å². The van der Waals surface area contributed by atoms with Crippen LogP contribution in [0, 0.1) is 20.8 Å². The first kappa shape index (κ1) is 22.6. The van der Waals surface area contributed by atoms with Gasteiger partial charge in [0.05, 0.1) is 5.75 Å². The maximum atomic E-state index is 12.6. The number of ether oxygens (including phenoxy) is 1. The van der Waals surface area contributed by atoms with Gasteiger partial charge < -0.3 is 10.1 Å². The first-order valence-corrected chi connectivity index (χ1v) is 11.7. The number of aromatic nitrogens is 3. The average molecular weight is 459 g/mol. The zero-order valence-electron chi connectivity index (χ0n) is 18.9. The molecule has 33 heavy (non-hydrogen) atoms. The summed E-state index contributed by atoms with van der Waals surface area (Å²) in [6, 6.07) is 23.6. The Hall–Kier alpha value is -3.58. The molecule has 4 rings (SSSR count). The molecule has 0 aliphatic carbocycles. The van der Waals surface area contributed by atoms with Gasteiger partial charge in [0.1, 0.15) is 12.4 Å². The van der Waals surface area contributed by atoms with Crippen LogP contribution in [-0.2, 0) is 11.4 Å². The Bertz CT molecular complexity index is 1240. The van der Waals surface area contributed by atoms with E-state index in [9.17, 15) is 4.79 Å². The number of carbonyl (C=O) groups is 1. The van der Waals surface area contributed by atoms with Crippen molar-refractivity contribution in [1.29, 1.82) is 0 Å². The fraction of sp³-hybridized carbons (Fsp3) is 0.192. The number of anilines is 1. The summed E-state index contributed by atoms with van der Waals surface area (Å²) in [5, 5.41) is 12.3. The van der Waals surface area contributed by atoms with Crippen LogP contribution in [0.5, 0.6) is 5.75 Å². The fourth-order valence-electron chi connectivity index (χ4n) is 3.31. The van der Waals surface area contributed by atoms with Crippen molar-refractivity contribution in [2.75, 3.05) is 11.1 Å². The Balaban J connectivity index is 1.49.